The first-order valence-corrected chi connectivity index (χ1v) is 7.99. The van der Waals surface area contributed by atoms with E-state index < -0.39 is 0 Å². The number of hydrogen-bond acceptors (Lipinski definition) is 4. The Morgan fingerprint density at radius 3 is 2.76 bits per heavy atom. The van der Waals surface area contributed by atoms with Gasteiger partial charge in [-0.05, 0) is 30.2 Å². The lowest BCUT2D eigenvalue weighted by Crippen LogP contribution is -2.29. The predicted molar refractivity (Wildman–Crippen MR) is 89.9 cm³/mol. The molecule has 6 heteroatoms. The van der Waals surface area contributed by atoms with Gasteiger partial charge in [-0.25, -0.2) is 0 Å². The lowest BCUT2D eigenvalue weighted by Gasteiger charge is -2.16. The molecule has 0 fully saturated rings. The summed E-state index contributed by atoms with van der Waals surface area (Å²) in [6, 6.07) is 11.8. The minimum atomic E-state index is -0.0907. The Hall–Kier alpha value is -1.17. The lowest BCUT2D eigenvalue weighted by atomic mass is 9.99. The smallest absolute Gasteiger partial charge is 0.0992 e. The average Bonchev–Trinajstić information content (AvgIpc) is 2.83. The number of nitrogens with one attached hydrogen (secondary N) is 1. The first-order chi connectivity index (χ1) is 10.2. The van der Waals surface area contributed by atoms with Crippen molar-refractivity contribution in [1.29, 1.82) is 0 Å². The molecule has 2 aromatic heterocycles. The maximum Gasteiger partial charge on any atom is 0.0992 e. The summed E-state index contributed by atoms with van der Waals surface area (Å²) in [7, 11) is 0. The van der Waals surface area contributed by atoms with Gasteiger partial charge in [0, 0.05) is 17.1 Å². The number of para-hydroxylation sites is 1. The largest absolute Gasteiger partial charge is 0.271 e. The topological polar surface area (TPSA) is 50.9 Å². The van der Waals surface area contributed by atoms with Gasteiger partial charge in [-0.1, -0.05) is 41.4 Å². The van der Waals surface area contributed by atoms with Crippen LogP contribution in [0.4, 0.5) is 0 Å². The van der Waals surface area contributed by atoms with Crippen molar-refractivity contribution in [2.45, 2.75) is 12.5 Å². The van der Waals surface area contributed by atoms with Crippen molar-refractivity contribution in [3.05, 3.63) is 62.4 Å². The average molecular weight is 338 g/mol. The van der Waals surface area contributed by atoms with Crippen molar-refractivity contribution in [3.63, 3.8) is 0 Å². The number of benzene rings is 1. The second-order valence-corrected chi connectivity index (χ2v) is 6.98. The Labute approximate surface area is 136 Å². The minimum Gasteiger partial charge on any atom is -0.271 e. The Morgan fingerprint density at radius 1 is 1.24 bits per heavy atom. The van der Waals surface area contributed by atoms with E-state index in [0.29, 0.717) is 15.1 Å². The molecule has 0 aliphatic rings. The summed E-state index contributed by atoms with van der Waals surface area (Å²) in [6.07, 6.45) is 2.53. The zero-order valence-electron chi connectivity index (χ0n) is 11.0. The maximum atomic E-state index is 6.23. The number of aromatic nitrogens is 1. The molecule has 0 amide bonds. The lowest BCUT2D eigenvalue weighted by molar-refractivity contribution is 0.555. The van der Waals surface area contributed by atoms with Gasteiger partial charge in [0.1, 0.15) is 0 Å². The quantitative estimate of drug-likeness (QED) is 0.549. The third-order valence-electron chi connectivity index (χ3n) is 3.42. The summed E-state index contributed by atoms with van der Waals surface area (Å²) in [5.41, 5.74) is 5.90. The van der Waals surface area contributed by atoms with Crippen LogP contribution in [0, 0.1) is 0 Å². The van der Waals surface area contributed by atoms with Crippen molar-refractivity contribution in [2.24, 2.45) is 5.84 Å². The molecular formula is C15H13Cl2N3S. The van der Waals surface area contributed by atoms with Gasteiger partial charge < -0.3 is 0 Å². The van der Waals surface area contributed by atoms with Gasteiger partial charge >= 0.3 is 0 Å². The van der Waals surface area contributed by atoms with E-state index >= 15 is 0 Å². The molecule has 3 nitrogen and oxygen atoms in total. The summed E-state index contributed by atoms with van der Waals surface area (Å²) in [6.45, 7) is 0. The molecule has 0 aliphatic carbocycles. The molecule has 2 heterocycles. The van der Waals surface area contributed by atoms with Gasteiger partial charge in [0.25, 0.3) is 0 Å². The molecular weight excluding hydrogens is 325 g/mol. The molecule has 0 bridgehead atoms. The zero-order chi connectivity index (χ0) is 14.8. The highest BCUT2D eigenvalue weighted by Crippen LogP contribution is 2.36. The normalized spacial score (nSPS) is 12.7. The molecule has 0 saturated heterocycles. The summed E-state index contributed by atoms with van der Waals surface area (Å²) < 4.78 is 1.33. The second kappa shape index (κ2) is 6.30. The van der Waals surface area contributed by atoms with Crippen LogP contribution in [0.2, 0.25) is 8.67 Å². The number of thiophene rings is 1. The van der Waals surface area contributed by atoms with Gasteiger partial charge in [-0.15, -0.1) is 11.3 Å². The summed E-state index contributed by atoms with van der Waals surface area (Å²) >= 11 is 13.6. The van der Waals surface area contributed by atoms with Crippen molar-refractivity contribution in [2.75, 3.05) is 0 Å². The number of rotatable bonds is 4. The molecule has 3 aromatic rings. The molecule has 0 radical (unpaired) electrons. The fourth-order valence-corrected chi connectivity index (χ4v) is 3.98. The molecule has 0 saturated carbocycles. The molecule has 21 heavy (non-hydrogen) atoms. The van der Waals surface area contributed by atoms with Gasteiger partial charge in [0.05, 0.1) is 20.2 Å². The van der Waals surface area contributed by atoms with Crippen LogP contribution in [0.3, 0.4) is 0 Å². The van der Waals surface area contributed by atoms with E-state index in [9.17, 15) is 0 Å². The van der Waals surface area contributed by atoms with Gasteiger partial charge in [-0.3, -0.25) is 16.3 Å². The van der Waals surface area contributed by atoms with E-state index in [-0.39, 0.29) is 6.04 Å². The summed E-state index contributed by atoms with van der Waals surface area (Å²) in [5.74, 6) is 5.71. The summed E-state index contributed by atoms with van der Waals surface area (Å²) in [5, 5.41) is 1.12. The van der Waals surface area contributed by atoms with Crippen LogP contribution in [0.25, 0.3) is 10.9 Å². The van der Waals surface area contributed by atoms with E-state index in [1.54, 1.807) is 0 Å². The van der Waals surface area contributed by atoms with Gasteiger partial charge in [-0.2, -0.15) is 0 Å². The van der Waals surface area contributed by atoms with Crippen molar-refractivity contribution in [3.8, 4) is 0 Å². The number of nitrogens with zero attached hydrogens (tertiary/aromatic N) is 1. The summed E-state index contributed by atoms with van der Waals surface area (Å²) in [4.78, 5) is 4.37. The van der Waals surface area contributed by atoms with Crippen LogP contribution < -0.4 is 11.3 Å². The van der Waals surface area contributed by atoms with Crippen LogP contribution in [-0.4, -0.2) is 4.98 Å². The third kappa shape index (κ3) is 3.05. The predicted octanol–water partition coefficient (Wildman–Crippen LogP) is 4.35. The van der Waals surface area contributed by atoms with E-state index in [2.05, 4.69) is 16.5 Å². The van der Waals surface area contributed by atoms with Crippen molar-refractivity contribution >= 4 is 45.4 Å². The first-order valence-electron chi connectivity index (χ1n) is 6.42. The van der Waals surface area contributed by atoms with Crippen LogP contribution in [0.1, 0.15) is 17.2 Å². The standard InChI is InChI=1S/C15H13Cl2N3S/c16-14-8-11(15(17)21-14)13(20-18)7-9-5-6-19-12-4-2-1-3-10(9)12/h1-6,8,13,20H,7,18H2. The monoisotopic (exact) mass is 337 g/mol. The number of fused-ring (bicyclic) bond motifs is 1. The molecule has 0 aliphatic heterocycles. The number of hydrogen-bond donors (Lipinski definition) is 2. The van der Waals surface area contributed by atoms with Crippen molar-refractivity contribution in [1.82, 2.24) is 10.4 Å². The molecule has 3 rings (SSSR count). The highest BCUT2D eigenvalue weighted by atomic mass is 35.5. The number of halogens is 2. The van der Waals surface area contributed by atoms with Crippen LogP contribution in [-0.2, 0) is 6.42 Å². The van der Waals surface area contributed by atoms with E-state index in [4.69, 9.17) is 29.0 Å². The SMILES string of the molecule is NNC(Cc1ccnc2ccccc12)c1cc(Cl)sc1Cl. The maximum absolute atomic E-state index is 6.23. The molecule has 1 unspecified atom stereocenters. The van der Waals surface area contributed by atoms with E-state index in [1.165, 1.54) is 16.9 Å². The van der Waals surface area contributed by atoms with Gasteiger partial charge in [0.2, 0.25) is 0 Å². The second-order valence-electron chi connectivity index (χ2n) is 4.69. The first kappa shape index (κ1) is 14.8. The Balaban J connectivity index is 1.98. The Bertz CT molecular complexity index is 767. The Morgan fingerprint density at radius 2 is 2.05 bits per heavy atom. The molecule has 0 spiro atoms. The fraction of sp³-hybridized carbons (Fsp3) is 0.133. The molecule has 1 aromatic carbocycles. The molecule has 1 atom stereocenters. The molecule has 3 N–H and O–H groups in total. The number of nitrogens with two attached hydrogens (primary N) is 1. The minimum absolute atomic E-state index is 0.0907. The van der Waals surface area contributed by atoms with Gasteiger partial charge in [0.15, 0.2) is 0 Å². The van der Waals surface area contributed by atoms with Crippen LogP contribution in [0.5, 0.6) is 0 Å². The highest BCUT2D eigenvalue weighted by Gasteiger charge is 2.18. The zero-order valence-corrected chi connectivity index (χ0v) is 13.3. The van der Waals surface area contributed by atoms with Crippen LogP contribution >= 0.6 is 34.5 Å². The van der Waals surface area contributed by atoms with Crippen molar-refractivity contribution < 1.29 is 0 Å². The number of pyridine rings is 1. The highest BCUT2D eigenvalue weighted by molar-refractivity contribution is 7.20. The van der Waals surface area contributed by atoms with E-state index in [1.807, 2.05) is 36.5 Å². The fourth-order valence-electron chi connectivity index (χ4n) is 2.40. The van der Waals surface area contributed by atoms with Crippen LogP contribution in [0.15, 0.2) is 42.6 Å². The Kier molecular flexibility index (Phi) is 4.42. The molecule has 108 valence electrons. The third-order valence-corrected chi connectivity index (χ3v) is 4.94. The number of hydrazine groups is 1. The van der Waals surface area contributed by atoms with E-state index in [0.717, 1.165) is 16.5 Å².